The molecule has 0 spiro atoms. The van der Waals surface area contributed by atoms with Crippen molar-refractivity contribution in [2.75, 3.05) is 0 Å². The maximum absolute atomic E-state index is 5.25. The molecular formula is C23H22N2O. The van der Waals surface area contributed by atoms with Crippen LogP contribution in [0.1, 0.15) is 30.4 Å². The maximum Gasteiger partial charge on any atom is 0.166 e. The molecule has 3 heterocycles. The molecule has 0 aliphatic carbocycles. The summed E-state index contributed by atoms with van der Waals surface area (Å²) in [5.74, 6) is 0.822. The van der Waals surface area contributed by atoms with Gasteiger partial charge in [-0.1, -0.05) is 65.8 Å². The number of fused-ring (bicyclic) bond motifs is 2. The Bertz CT molecular complexity index is 897. The predicted molar refractivity (Wildman–Crippen MR) is 103 cm³/mol. The molecule has 0 saturated carbocycles. The van der Waals surface area contributed by atoms with Gasteiger partial charge in [0.2, 0.25) is 0 Å². The molecule has 2 unspecified atom stereocenters. The smallest absolute Gasteiger partial charge is 0.166 e. The van der Waals surface area contributed by atoms with Crippen molar-refractivity contribution in [2.24, 2.45) is 0 Å². The zero-order valence-electron chi connectivity index (χ0n) is 14.7. The molecule has 3 aromatic rings. The first-order chi connectivity index (χ1) is 12.9. The van der Waals surface area contributed by atoms with Crippen LogP contribution < -0.4 is 0 Å². The molecule has 2 atom stereocenters. The Balaban J connectivity index is 1.36. The van der Waals surface area contributed by atoms with E-state index in [2.05, 4.69) is 70.7 Å². The van der Waals surface area contributed by atoms with Crippen LogP contribution in [0.25, 0.3) is 16.9 Å². The number of benzene rings is 2. The minimum Gasteiger partial charge on any atom is -0.356 e. The molecule has 2 bridgehead atoms. The third kappa shape index (κ3) is 2.89. The second-order valence-electron chi connectivity index (χ2n) is 7.31. The molecular weight excluding hydrogens is 320 g/mol. The summed E-state index contributed by atoms with van der Waals surface area (Å²) in [5, 5.41) is 3.79. The summed E-state index contributed by atoms with van der Waals surface area (Å²) >= 11 is 0. The van der Waals surface area contributed by atoms with E-state index in [4.69, 9.17) is 4.52 Å². The van der Waals surface area contributed by atoms with Gasteiger partial charge < -0.3 is 4.52 Å². The van der Waals surface area contributed by atoms with Crippen LogP contribution in [0.3, 0.4) is 0 Å². The molecule has 3 nitrogen and oxygen atoms in total. The van der Waals surface area contributed by atoms with Crippen molar-refractivity contribution in [3.05, 3.63) is 84.1 Å². The fraction of sp³-hybridized carbons (Fsp3) is 0.261. The fourth-order valence-electron chi connectivity index (χ4n) is 4.39. The molecule has 2 aliphatic rings. The molecule has 1 saturated heterocycles. The minimum absolute atomic E-state index is 0.568. The zero-order chi connectivity index (χ0) is 17.3. The van der Waals surface area contributed by atoms with E-state index in [1.807, 2.05) is 6.07 Å². The second kappa shape index (κ2) is 6.58. The van der Waals surface area contributed by atoms with E-state index in [-0.39, 0.29) is 0 Å². The van der Waals surface area contributed by atoms with Crippen molar-refractivity contribution < 1.29 is 4.52 Å². The highest BCUT2D eigenvalue weighted by Gasteiger charge is 2.36. The van der Waals surface area contributed by atoms with Crippen LogP contribution in [0.15, 0.2) is 77.5 Å². The van der Waals surface area contributed by atoms with Gasteiger partial charge in [-0.05, 0) is 36.0 Å². The lowest BCUT2D eigenvalue weighted by molar-refractivity contribution is 0.203. The lowest BCUT2D eigenvalue weighted by Gasteiger charge is -2.34. The van der Waals surface area contributed by atoms with Crippen LogP contribution in [-0.2, 0) is 6.54 Å². The van der Waals surface area contributed by atoms with Gasteiger partial charge in [0.05, 0.1) is 6.20 Å². The number of hydrogen-bond donors (Lipinski definition) is 0. The Morgan fingerprint density at radius 2 is 1.73 bits per heavy atom. The molecule has 2 aliphatic heterocycles. The van der Waals surface area contributed by atoms with Crippen molar-refractivity contribution in [3.63, 3.8) is 0 Å². The zero-order valence-corrected chi connectivity index (χ0v) is 14.7. The minimum atomic E-state index is 0.568. The third-order valence-corrected chi connectivity index (χ3v) is 5.73. The SMILES string of the molecule is C1=C(c2ccc(-c3ccno3)cc2)CC2CCC1N2Cc1ccccc1. The summed E-state index contributed by atoms with van der Waals surface area (Å²) in [5.41, 5.74) is 5.32. The summed E-state index contributed by atoms with van der Waals surface area (Å²) in [6.07, 6.45) is 7.90. The Hall–Kier alpha value is -2.65. The highest BCUT2D eigenvalue weighted by atomic mass is 16.5. The van der Waals surface area contributed by atoms with Crippen molar-refractivity contribution in [1.82, 2.24) is 10.1 Å². The van der Waals surface area contributed by atoms with Gasteiger partial charge in [-0.15, -0.1) is 0 Å². The highest BCUT2D eigenvalue weighted by molar-refractivity contribution is 5.70. The van der Waals surface area contributed by atoms with E-state index in [0.29, 0.717) is 12.1 Å². The van der Waals surface area contributed by atoms with E-state index in [9.17, 15) is 0 Å². The molecule has 5 rings (SSSR count). The Morgan fingerprint density at radius 3 is 2.46 bits per heavy atom. The Kier molecular flexibility index (Phi) is 3.95. The van der Waals surface area contributed by atoms with Gasteiger partial charge in [0.15, 0.2) is 5.76 Å². The second-order valence-corrected chi connectivity index (χ2v) is 7.31. The summed E-state index contributed by atoms with van der Waals surface area (Å²) in [7, 11) is 0. The quantitative estimate of drug-likeness (QED) is 0.656. The van der Waals surface area contributed by atoms with Crippen molar-refractivity contribution >= 4 is 5.57 Å². The average Bonchev–Trinajstić information content (AvgIpc) is 3.29. The first-order valence-corrected chi connectivity index (χ1v) is 9.39. The van der Waals surface area contributed by atoms with Crippen molar-refractivity contribution in [1.29, 1.82) is 0 Å². The monoisotopic (exact) mass is 342 g/mol. The largest absolute Gasteiger partial charge is 0.356 e. The predicted octanol–water partition coefficient (Wildman–Crippen LogP) is 5.16. The molecule has 0 N–H and O–H groups in total. The van der Waals surface area contributed by atoms with Crippen molar-refractivity contribution in [2.45, 2.75) is 37.9 Å². The van der Waals surface area contributed by atoms with Gasteiger partial charge in [-0.25, -0.2) is 0 Å². The molecule has 0 radical (unpaired) electrons. The van der Waals surface area contributed by atoms with E-state index >= 15 is 0 Å². The molecule has 26 heavy (non-hydrogen) atoms. The van der Waals surface area contributed by atoms with E-state index in [1.54, 1.807) is 6.20 Å². The van der Waals surface area contributed by atoms with Crippen LogP contribution in [0.4, 0.5) is 0 Å². The van der Waals surface area contributed by atoms with Gasteiger partial charge in [-0.3, -0.25) is 4.90 Å². The topological polar surface area (TPSA) is 29.3 Å². The lowest BCUT2D eigenvalue weighted by Crippen LogP contribution is -2.37. The van der Waals surface area contributed by atoms with Gasteiger partial charge >= 0.3 is 0 Å². The fourth-order valence-corrected chi connectivity index (χ4v) is 4.39. The summed E-state index contributed by atoms with van der Waals surface area (Å²) in [6.45, 7) is 1.06. The van der Waals surface area contributed by atoms with Gasteiger partial charge in [-0.2, -0.15) is 0 Å². The molecule has 1 fully saturated rings. The average molecular weight is 342 g/mol. The van der Waals surface area contributed by atoms with Crippen LogP contribution in [-0.4, -0.2) is 22.1 Å². The number of rotatable bonds is 4. The maximum atomic E-state index is 5.25. The van der Waals surface area contributed by atoms with Gasteiger partial charge in [0, 0.05) is 30.3 Å². The summed E-state index contributed by atoms with van der Waals surface area (Å²) in [4.78, 5) is 2.68. The third-order valence-electron chi connectivity index (χ3n) is 5.73. The first-order valence-electron chi connectivity index (χ1n) is 9.39. The molecule has 130 valence electrons. The lowest BCUT2D eigenvalue weighted by atomic mass is 9.93. The highest BCUT2D eigenvalue weighted by Crippen LogP contribution is 2.39. The summed E-state index contributed by atoms with van der Waals surface area (Å²) < 4.78 is 5.25. The summed E-state index contributed by atoms with van der Waals surface area (Å²) in [6, 6.07) is 22.7. The number of aromatic nitrogens is 1. The molecule has 1 aromatic heterocycles. The van der Waals surface area contributed by atoms with E-state index in [1.165, 1.54) is 29.5 Å². The van der Waals surface area contributed by atoms with E-state index in [0.717, 1.165) is 24.3 Å². The Labute approximate surface area is 153 Å². The van der Waals surface area contributed by atoms with Gasteiger partial charge in [0.1, 0.15) is 0 Å². The van der Waals surface area contributed by atoms with Crippen LogP contribution in [0.2, 0.25) is 0 Å². The van der Waals surface area contributed by atoms with Crippen molar-refractivity contribution in [3.8, 4) is 11.3 Å². The van der Waals surface area contributed by atoms with E-state index < -0.39 is 0 Å². The van der Waals surface area contributed by atoms with Crippen LogP contribution in [0.5, 0.6) is 0 Å². The van der Waals surface area contributed by atoms with Crippen LogP contribution >= 0.6 is 0 Å². The molecule has 0 amide bonds. The molecule has 3 heteroatoms. The first kappa shape index (κ1) is 15.6. The molecule has 2 aromatic carbocycles. The standard InChI is InChI=1S/C23H22N2O/c1-2-4-17(5-3-1)16-25-21-10-11-22(25)15-20(14-21)18-6-8-19(9-7-18)23-12-13-24-26-23/h1-9,12-14,21-22H,10-11,15-16H2. The van der Waals surface area contributed by atoms with Gasteiger partial charge in [0.25, 0.3) is 0 Å². The van der Waals surface area contributed by atoms with Crippen LogP contribution in [0, 0.1) is 0 Å². The normalized spacial score (nSPS) is 22.4. The number of nitrogens with zero attached hydrogens (tertiary/aromatic N) is 2. The number of hydrogen-bond acceptors (Lipinski definition) is 3. The Morgan fingerprint density at radius 1 is 0.923 bits per heavy atom.